The number of imide groups is 1. The summed E-state index contributed by atoms with van der Waals surface area (Å²) in [6, 6.07) is 7.58. The maximum Gasteiger partial charge on any atom is 0.233 e. The van der Waals surface area contributed by atoms with Crippen molar-refractivity contribution in [2.24, 2.45) is 28.7 Å². The van der Waals surface area contributed by atoms with Crippen molar-refractivity contribution in [3.8, 4) is 0 Å². The van der Waals surface area contributed by atoms with Gasteiger partial charge in [-0.25, -0.2) is 0 Å². The number of carbonyl (C=O) groups is 2. The van der Waals surface area contributed by atoms with Crippen molar-refractivity contribution < 1.29 is 14.3 Å². The summed E-state index contributed by atoms with van der Waals surface area (Å²) >= 11 is 6.08. The van der Waals surface area contributed by atoms with Crippen LogP contribution in [-0.4, -0.2) is 56.5 Å². The molecular formula is C23H29ClN4O3. The summed E-state index contributed by atoms with van der Waals surface area (Å²) in [5.41, 5.74) is 0.984. The molecule has 5 atom stereocenters. The van der Waals surface area contributed by atoms with Crippen LogP contribution in [0.3, 0.4) is 0 Å². The van der Waals surface area contributed by atoms with Crippen molar-refractivity contribution in [3.05, 3.63) is 47.0 Å². The van der Waals surface area contributed by atoms with Gasteiger partial charge in [0.15, 0.2) is 5.96 Å². The molecule has 8 heteroatoms. The van der Waals surface area contributed by atoms with Crippen LogP contribution in [0.25, 0.3) is 0 Å². The van der Waals surface area contributed by atoms with Gasteiger partial charge in [-0.1, -0.05) is 35.9 Å². The number of halogens is 1. The zero-order valence-corrected chi connectivity index (χ0v) is 18.6. The molecule has 2 fully saturated rings. The van der Waals surface area contributed by atoms with Crippen LogP contribution in [0.15, 0.2) is 41.4 Å². The molecule has 1 aliphatic heterocycles. The summed E-state index contributed by atoms with van der Waals surface area (Å²) in [5.74, 6) is 0.932. The monoisotopic (exact) mass is 444 g/mol. The number of amides is 2. The average molecular weight is 445 g/mol. The van der Waals surface area contributed by atoms with E-state index in [4.69, 9.17) is 16.3 Å². The molecule has 7 nitrogen and oxygen atoms in total. The Labute approximate surface area is 187 Å². The highest BCUT2D eigenvalue weighted by molar-refractivity contribution is 6.30. The van der Waals surface area contributed by atoms with E-state index < -0.39 is 0 Å². The smallest absolute Gasteiger partial charge is 0.233 e. The number of methoxy groups -OCH3 is 1. The highest BCUT2D eigenvalue weighted by Crippen LogP contribution is 2.52. The highest BCUT2D eigenvalue weighted by Gasteiger charge is 2.58. The predicted molar refractivity (Wildman–Crippen MR) is 120 cm³/mol. The van der Waals surface area contributed by atoms with Crippen molar-refractivity contribution in [1.29, 1.82) is 0 Å². The minimum absolute atomic E-state index is 0.0128. The van der Waals surface area contributed by atoms with Crippen molar-refractivity contribution in [1.82, 2.24) is 15.5 Å². The molecule has 0 radical (unpaired) electrons. The molecule has 2 bridgehead atoms. The average Bonchev–Trinajstić information content (AvgIpc) is 3.45. The number of nitrogens with zero attached hydrogens (tertiary/aromatic N) is 2. The number of ether oxygens (including phenoxy) is 1. The summed E-state index contributed by atoms with van der Waals surface area (Å²) < 4.78 is 5.57. The van der Waals surface area contributed by atoms with Gasteiger partial charge in [0.1, 0.15) is 0 Å². The van der Waals surface area contributed by atoms with E-state index in [0.717, 1.165) is 12.0 Å². The molecule has 2 amide bonds. The Morgan fingerprint density at radius 1 is 1.23 bits per heavy atom. The summed E-state index contributed by atoms with van der Waals surface area (Å²) in [6.07, 6.45) is 5.70. The van der Waals surface area contributed by atoms with Crippen LogP contribution in [0, 0.1) is 23.7 Å². The number of hydrogen-bond acceptors (Lipinski definition) is 4. The quantitative estimate of drug-likeness (QED) is 0.211. The van der Waals surface area contributed by atoms with Gasteiger partial charge >= 0.3 is 0 Å². The first kappa shape index (κ1) is 21.8. The van der Waals surface area contributed by atoms with Gasteiger partial charge in [0.25, 0.3) is 0 Å². The fourth-order valence-electron chi connectivity index (χ4n) is 5.08. The van der Waals surface area contributed by atoms with Crippen LogP contribution in [0.1, 0.15) is 24.5 Å². The Hall–Kier alpha value is -2.38. The molecule has 0 spiro atoms. The van der Waals surface area contributed by atoms with E-state index in [-0.39, 0.29) is 41.6 Å². The second kappa shape index (κ2) is 9.40. The van der Waals surface area contributed by atoms with E-state index in [0.29, 0.717) is 37.0 Å². The zero-order chi connectivity index (χ0) is 22.0. The van der Waals surface area contributed by atoms with Crippen molar-refractivity contribution in [2.45, 2.75) is 18.9 Å². The standard InChI is InChI=1S/C23H29ClN4O3/c1-25-23(27-13-18(31-2)14-5-3-6-17(24)12-14)26-9-4-10-28-21(29)19-15-7-8-16(11-15)20(19)22(28)30/h3,5-8,12,15-16,18-20H,4,9-11,13H2,1-2H3,(H2,25,26,27). The van der Waals surface area contributed by atoms with E-state index in [1.165, 1.54) is 4.90 Å². The van der Waals surface area contributed by atoms with Crippen LogP contribution >= 0.6 is 11.6 Å². The van der Waals surface area contributed by atoms with Crippen LogP contribution in [0.4, 0.5) is 0 Å². The van der Waals surface area contributed by atoms with Gasteiger partial charge in [0.05, 0.1) is 17.9 Å². The van der Waals surface area contributed by atoms with Gasteiger partial charge in [0, 0.05) is 38.8 Å². The lowest BCUT2D eigenvalue weighted by Crippen LogP contribution is -2.41. The Morgan fingerprint density at radius 3 is 2.55 bits per heavy atom. The van der Waals surface area contributed by atoms with Gasteiger partial charge in [-0.3, -0.25) is 19.5 Å². The first-order chi connectivity index (χ1) is 15.0. The lowest BCUT2D eigenvalue weighted by molar-refractivity contribution is -0.140. The number of carbonyl (C=O) groups excluding carboxylic acids is 2. The summed E-state index contributed by atoms with van der Waals surface area (Å²) in [7, 11) is 3.36. The Morgan fingerprint density at radius 2 is 1.94 bits per heavy atom. The molecule has 2 aliphatic carbocycles. The number of hydrogen-bond donors (Lipinski definition) is 2. The summed E-state index contributed by atoms with van der Waals surface area (Å²) in [6.45, 7) is 1.57. The molecule has 1 saturated carbocycles. The molecule has 4 rings (SSSR count). The van der Waals surface area contributed by atoms with E-state index in [9.17, 15) is 9.59 Å². The third-order valence-corrected chi connectivity index (χ3v) is 6.83. The lowest BCUT2D eigenvalue weighted by Gasteiger charge is -2.20. The largest absolute Gasteiger partial charge is 0.375 e. The van der Waals surface area contributed by atoms with E-state index in [1.807, 2.05) is 24.3 Å². The molecular weight excluding hydrogens is 416 g/mol. The Balaban J connectivity index is 1.22. The van der Waals surface area contributed by atoms with Gasteiger partial charge < -0.3 is 15.4 Å². The molecule has 5 unspecified atom stereocenters. The lowest BCUT2D eigenvalue weighted by atomic mass is 9.85. The zero-order valence-electron chi connectivity index (χ0n) is 17.9. The maximum absolute atomic E-state index is 12.7. The minimum atomic E-state index is -0.166. The van der Waals surface area contributed by atoms with Gasteiger partial charge in [0.2, 0.25) is 11.8 Å². The number of likely N-dealkylation sites (tertiary alicyclic amines) is 1. The van der Waals surface area contributed by atoms with Crippen LogP contribution in [-0.2, 0) is 14.3 Å². The van der Waals surface area contributed by atoms with Crippen molar-refractivity contribution in [3.63, 3.8) is 0 Å². The topological polar surface area (TPSA) is 83.0 Å². The van der Waals surface area contributed by atoms with Crippen molar-refractivity contribution in [2.75, 3.05) is 33.8 Å². The second-order valence-corrected chi connectivity index (χ2v) is 8.78. The number of nitrogens with one attached hydrogen (secondary N) is 2. The number of aliphatic imine (C=N–C) groups is 1. The normalized spacial score (nSPS) is 27.7. The molecule has 2 N–H and O–H groups in total. The molecule has 1 heterocycles. The molecule has 31 heavy (non-hydrogen) atoms. The van der Waals surface area contributed by atoms with Crippen molar-refractivity contribution >= 4 is 29.4 Å². The molecule has 1 aromatic carbocycles. The number of fused-ring (bicyclic) bond motifs is 5. The minimum Gasteiger partial charge on any atom is -0.375 e. The van der Waals surface area contributed by atoms with Gasteiger partial charge in [-0.2, -0.15) is 0 Å². The van der Waals surface area contributed by atoms with Crippen LogP contribution in [0.2, 0.25) is 5.02 Å². The summed E-state index contributed by atoms with van der Waals surface area (Å²) in [4.78, 5) is 31.2. The number of benzene rings is 1. The molecule has 1 aromatic rings. The SMILES string of the molecule is CN=C(NCCCN1C(=O)C2C3C=CC(C3)C2C1=O)NCC(OC)c1cccc(Cl)c1. The molecule has 166 valence electrons. The predicted octanol–water partition coefficient (Wildman–Crippen LogP) is 2.39. The first-order valence-electron chi connectivity index (χ1n) is 10.8. The number of guanidine groups is 1. The number of rotatable bonds is 8. The van der Waals surface area contributed by atoms with E-state index in [2.05, 4.69) is 27.8 Å². The molecule has 3 aliphatic rings. The fraction of sp³-hybridized carbons (Fsp3) is 0.522. The van der Waals surface area contributed by atoms with Crippen LogP contribution in [0.5, 0.6) is 0 Å². The van der Waals surface area contributed by atoms with Crippen LogP contribution < -0.4 is 10.6 Å². The molecule has 0 aromatic heterocycles. The third kappa shape index (κ3) is 4.34. The fourth-order valence-corrected chi connectivity index (χ4v) is 5.28. The Kier molecular flexibility index (Phi) is 6.62. The van der Waals surface area contributed by atoms with E-state index in [1.54, 1.807) is 14.2 Å². The van der Waals surface area contributed by atoms with Gasteiger partial charge in [-0.15, -0.1) is 0 Å². The number of allylic oxidation sites excluding steroid dienone is 2. The third-order valence-electron chi connectivity index (χ3n) is 6.60. The Bertz CT molecular complexity index is 873. The first-order valence-corrected chi connectivity index (χ1v) is 11.2. The molecule has 1 saturated heterocycles. The van der Waals surface area contributed by atoms with E-state index >= 15 is 0 Å². The highest BCUT2D eigenvalue weighted by atomic mass is 35.5. The van der Waals surface area contributed by atoms with Gasteiger partial charge in [-0.05, 0) is 42.4 Å². The second-order valence-electron chi connectivity index (χ2n) is 8.34. The maximum atomic E-state index is 12.7. The summed E-state index contributed by atoms with van der Waals surface area (Å²) in [5, 5.41) is 7.16.